The van der Waals surface area contributed by atoms with E-state index in [4.69, 9.17) is 0 Å². The van der Waals surface area contributed by atoms with E-state index in [-0.39, 0.29) is 35.7 Å². The number of fused-ring (bicyclic) bond motifs is 5. The Bertz CT molecular complexity index is 1130. The number of carboxylic acids is 1. The van der Waals surface area contributed by atoms with Gasteiger partial charge in [-0.1, -0.05) is 13.8 Å². The van der Waals surface area contributed by atoms with E-state index >= 15 is 0 Å². The fraction of sp³-hybridized carbons (Fsp3) is 0.742. The van der Waals surface area contributed by atoms with Crippen molar-refractivity contribution in [1.82, 2.24) is 5.32 Å². The Balaban J connectivity index is 1.22. The SMILES string of the molecule is CC(CCC(=O)NC(C(=O)O)c1cc(I)c(O)cc1I)C1CCC2C3C(O)CC4C[C@H](O)CCC4C3CCC12C. The summed E-state index contributed by atoms with van der Waals surface area (Å²) in [4.78, 5) is 25.0. The number of aliphatic hydroxyl groups excluding tert-OH is 2. The molecule has 40 heavy (non-hydrogen) atoms. The molecule has 4 aliphatic rings. The maximum absolute atomic E-state index is 13.0. The van der Waals surface area contributed by atoms with E-state index in [1.54, 1.807) is 6.07 Å². The highest BCUT2D eigenvalue weighted by molar-refractivity contribution is 14.1. The maximum atomic E-state index is 13.0. The largest absolute Gasteiger partial charge is 0.507 e. The molecule has 0 heterocycles. The molecule has 0 aromatic heterocycles. The molecular formula is C31H43I2NO6. The van der Waals surface area contributed by atoms with E-state index in [9.17, 15) is 30.0 Å². The molecule has 11 atom stereocenters. The van der Waals surface area contributed by atoms with E-state index in [2.05, 4.69) is 19.2 Å². The maximum Gasteiger partial charge on any atom is 0.330 e. The summed E-state index contributed by atoms with van der Waals surface area (Å²) in [5, 5.41) is 44.1. The molecule has 222 valence electrons. The fourth-order valence-electron chi connectivity index (χ4n) is 9.66. The second-order valence-electron chi connectivity index (χ2n) is 13.4. The van der Waals surface area contributed by atoms with Gasteiger partial charge in [-0.15, -0.1) is 0 Å². The van der Waals surface area contributed by atoms with Crippen molar-refractivity contribution in [2.75, 3.05) is 0 Å². The number of phenols is 1. The Morgan fingerprint density at radius 3 is 2.52 bits per heavy atom. The van der Waals surface area contributed by atoms with Gasteiger partial charge in [-0.05, 0) is 162 Å². The van der Waals surface area contributed by atoms with E-state index in [0.29, 0.717) is 60.5 Å². The van der Waals surface area contributed by atoms with Crippen LogP contribution in [-0.4, -0.2) is 44.5 Å². The van der Waals surface area contributed by atoms with Gasteiger partial charge in [0.15, 0.2) is 6.04 Å². The van der Waals surface area contributed by atoms with Gasteiger partial charge in [-0.25, -0.2) is 4.79 Å². The van der Waals surface area contributed by atoms with E-state index in [1.807, 2.05) is 45.2 Å². The molecule has 4 fully saturated rings. The molecule has 0 aliphatic heterocycles. The van der Waals surface area contributed by atoms with Crippen LogP contribution in [0.5, 0.6) is 5.75 Å². The van der Waals surface area contributed by atoms with Crippen LogP contribution in [0.2, 0.25) is 0 Å². The smallest absolute Gasteiger partial charge is 0.330 e. The number of hydrogen-bond acceptors (Lipinski definition) is 5. The van der Waals surface area contributed by atoms with Crippen LogP contribution in [0.4, 0.5) is 0 Å². The first-order chi connectivity index (χ1) is 18.9. The highest BCUT2D eigenvalue weighted by Crippen LogP contribution is 2.65. The monoisotopic (exact) mass is 779 g/mol. The van der Waals surface area contributed by atoms with Gasteiger partial charge in [-0.3, -0.25) is 4.79 Å². The average molecular weight is 779 g/mol. The average Bonchev–Trinajstić information content (AvgIpc) is 3.24. The summed E-state index contributed by atoms with van der Waals surface area (Å²) >= 11 is 3.95. The molecule has 0 saturated heterocycles. The van der Waals surface area contributed by atoms with Gasteiger partial charge in [0.25, 0.3) is 0 Å². The third-order valence-corrected chi connectivity index (χ3v) is 13.3. The number of carbonyl (C=O) groups excluding carboxylic acids is 1. The van der Waals surface area contributed by atoms with Gasteiger partial charge in [0.05, 0.1) is 15.8 Å². The fourth-order valence-corrected chi connectivity index (χ4v) is 10.9. The molecule has 1 aromatic carbocycles. The minimum absolute atomic E-state index is 0.0912. The Labute approximate surface area is 264 Å². The molecule has 0 bridgehead atoms. The third-order valence-electron chi connectivity index (χ3n) is 11.5. The van der Waals surface area contributed by atoms with Crippen molar-refractivity contribution in [1.29, 1.82) is 0 Å². The zero-order chi connectivity index (χ0) is 28.9. The summed E-state index contributed by atoms with van der Waals surface area (Å²) < 4.78 is 1.14. The number of halogens is 2. The predicted octanol–water partition coefficient (Wildman–Crippen LogP) is 5.86. The second-order valence-corrected chi connectivity index (χ2v) is 15.8. The lowest BCUT2D eigenvalue weighted by Crippen LogP contribution is -2.54. The minimum Gasteiger partial charge on any atom is -0.507 e. The van der Waals surface area contributed by atoms with Crippen LogP contribution in [0.1, 0.15) is 89.7 Å². The van der Waals surface area contributed by atoms with Crippen LogP contribution in [-0.2, 0) is 9.59 Å². The Kier molecular flexibility index (Phi) is 9.35. The number of aromatic hydroxyl groups is 1. The number of amides is 1. The molecule has 0 radical (unpaired) electrons. The van der Waals surface area contributed by atoms with Gasteiger partial charge in [0.2, 0.25) is 5.91 Å². The molecule has 5 rings (SSSR count). The molecule has 4 aliphatic carbocycles. The van der Waals surface area contributed by atoms with Gasteiger partial charge >= 0.3 is 5.97 Å². The quantitative estimate of drug-likeness (QED) is 0.221. The number of hydrogen-bond donors (Lipinski definition) is 5. The molecule has 1 aromatic rings. The molecule has 1 amide bonds. The number of rotatable bonds is 7. The summed E-state index contributed by atoms with van der Waals surface area (Å²) in [5.74, 6) is 2.04. The third kappa shape index (κ3) is 5.78. The summed E-state index contributed by atoms with van der Waals surface area (Å²) in [6, 6.07) is 1.98. The zero-order valence-corrected chi connectivity index (χ0v) is 27.7. The number of benzene rings is 1. The van der Waals surface area contributed by atoms with Crippen molar-refractivity contribution in [2.45, 2.75) is 96.3 Å². The van der Waals surface area contributed by atoms with Crippen molar-refractivity contribution < 1.29 is 30.0 Å². The van der Waals surface area contributed by atoms with E-state index in [0.717, 1.165) is 51.4 Å². The summed E-state index contributed by atoms with van der Waals surface area (Å²) in [7, 11) is 0. The lowest BCUT2D eigenvalue weighted by Gasteiger charge is -2.58. The van der Waals surface area contributed by atoms with E-state index < -0.39 is 12.0 Å². The van der Waals surface area contributed by atoms with E-state index in [1.165, 1.54) is 6.07 Å². The molecule has 7 nitrogen and oxygen atoms in total. The van der Waals surface area contributed by atoms with Crippen LogP contribution in [0.25, 0.3) is 0 Å². The molecule has 0 spiro atoms. The highest BCUT2D eigenvalue weighted by atomic mass is 127. The number of aliphatic carboxylic acids is 1. The summed E-state index contributed by atoms with van der Waals surface area (Å²) in [6.07, 6.45) is 8.74. The van der Waals surface area contributed by atoms with Crippen molar-refractivity contribution in [2.24, 2.45) is 46.8 Å². The lowest BCUT2D eigenvalue weighted by molar-refractivity contribution is -0.142. The van der Waals surface area contributed by atoms with Crippen molar-refractivity contribution in [3.63, 3.8) is 0 Å². The molecular weight excluding hydrogens is 736 g/mol. The zero-order valence-electron chi connectivity index (χ0n) is 23.4. The molecule has 4 saturated carbocycles. The number of nitrogens with one attached hydrogen (secondary N) is 1. The Hall–Kier alpha value is -0.660. The summed E-state index contributed by atoms with van der Waals surface area (Å²) in [5.41, 5.74) is 0.627. The first kappa shape index (κ1) is 30.8. The topological polar surface area (TPSA) is 127 Å². The minimum atomic E-state index is -1.16. The highest BCUT2D eigenvalue weighted by Gasteiger charge is 2.59. The lowest BCUT2D eigenvalue weighted by atomic mass is 9.48. The molecule has 9 heteroatoms. The number of carbonyl (C=O) groups is 2. The van der Waals surface area contributed by atoms with Gasteiger partial charge in [0, 0.05) is 15.6 Å². The van der Waals surface area contributed by atoms with Gasteiger partial charge in [0.1, 0.15) is 5.75 Å². The van der Waals surface area contributed by atoms with Crippen molar-refractivity contribution >= 4 is 57.1 Å². The van der Waals surface area contributed by atoms with Crippen molar-refractivity contribution in [3.8, 4) is 5.75 Å². The molecule has 5 N–H and O–H groups in total. The number of phenolic OH excluding ortho intramolecular Hbond substituents is 1. The Morgan fingerprint density at radius 1 is 1.05 bits per heavy atom. The predicted molar refractivity (Wildman–Crippen MR) is 168 cm³/mol. The molecule has 10 unspecified atom stereocenters. The van der Waals surface area contributed by atoms with Crippen LogP contribution in [0.3, 0.4) is 0 Å². The summed E-state index contributed by atoms with van der Waals surface area (Å²) in [6.45, 7) is 4.67. The van der Waals surface area contributed by atoms with Gasteiger partial charge < -0.3 is 25.7 Å². The second kappa shape index (κ2) is 12.1. The van der Waals surface area contributed by atoms with Crippen LogP contribution in [0.15, 0.2) is 12.1 Å². The number of carboxylic acid groups (broad SMARTS) is 1. The van der Waals surface area contributed by atoms with Crippen LogP contribution < -0.4 is 5.32 Å². The van der Waals surface area contributed by atoms with Crippen molar-refractivity contribution in [3.05, 3.63) is 24.8 Å². The van der Waals surface area contributed by atoms with Crippen LogP contribution >= 0.6 is 45.2 Å². The number of aliphatic hydroxyl groups is 2. The first-order valence-electron chi connectivity index (χ1n) is 15.0. The first-order valence-corrected chi connectivity index (χ1v) is 17.1. The van der Waals surface area contributed by atoms with Crippen LogP contribution in [0, 0.1) is 54.0 Å². The normalized spacial score (nSPS) is 38.5. The van der Waals surface area contributed by atoms with Gasteiger partial charge in [-0.2, -0.15) is 0 Å². The Morgan fingerprint density at radius 2 is 1.80 bits per heavy atom. The standard InChI is InChI=1S/C31H43I2NO6/c1-15(3-8-27(38)34-29(30(39)40)20-13-24(33)25(36)14-23(20)32)21-6-7-22-28-19(9-10-31(21,22)2)18-5-4-17(35)11-16(18)12-26(28)37/h13-19,21-22,26,28-29,35-37H,3-12H2,1-2H3,(H,34,38)(H,39,40)/t15?,16?,17-,18?,19?,21?,22?,26?,28?,29?,31?/m1/s1.